The van der Waals surface area contributed by atoms with E-state index in [1.165, 1.54) is 6.42 Å². The lowest BCUT2D eigenvalue weighted by Gasteiger charge is -2.39. The van der Waals surface area contributed by atoms with Gasteiger partial charge >= 0.3 is 0 Å². The number of hydrogen-bond acceptors (Lipinski definition) is 4. The van der Waals surface area contributed by atoms with Gasteiger partial charge in [-0.25, -0.2) is 13.1 Å². The zero-order valence-corrected chi connectivity index (χ0v) is 13.6. The molecule has 0 radical (unpaired) electrons. The number of sulfonamides is 1. The van der Waals surface area contributed by atoms with Crippen molar-refractivity contribution in [3.8, 4) is 0 Å². The largest absolute Gasteiger partial charge is 0.341 e. The van der Waals surface area contributed by atoms with Gasteiger partial charge < -0.3 is 10.2 Å². The number of likely N-dealkylation sites (tertiary alicyclic amines) is 1. The zero-order chi connectivity index (χ0) is 14.1. The summed E-state index contributed by atoms with van der Waals surface area (Å²) in [7, 11) is -3.34. The number of carbonyl (C=O) groups excluding carboxylic acids is 1. The van der Waals surface area contributed by atoms with Crippen LogP contribution in [-0.2, 0) is 14.8 Å². The zero-order valence-electron chi connectivity index (χ0n) is 12.0. The van der Waals surface area contributed by atoms with Gasteiger partial charge in [-0.15, -0.1) is 12.4 Å². The van der Waals surface area contributed by atoms with E-state index in [1.807, 2.05) is 0 Å². The van der Waals surface area contributed by atoms with E-state index in [1.54, 1.807) is 11.8 Å². The highest BCUT2D eigenvalue weighted by Gasteiger charge is 2.38. The number of nitrogens with one attached hydrogen (secondary N) is 2. The Bertz CT molecular complexity index is 439. The minimum Gasteiger partial charge on any atom is -0.341 e. The average Bonchev–Trinajstić information content (AvgIpc) is 2.75. The molecular weight excluding hydrogens is 302 g/mol. The molecule has 2 aliphatic rings. The smallest absolute Gasteiger partial charge is 0.240 e. The molecule has 2 saturated heterocycles. The van der Waals surface area contributed by atoms with Gasteiger partial charge in [0.2, 0.25) is 15.9 Å². The molecule has 2 heterocycles. The van der Waals surface area contributed by atoms with Gasteiger partial charge in [-0.3, -0.25) is 4.79 Å². The van der Waals surface area contributed by atoms with Crippen molar-refractivity contribution in [3.63, 3.8) is 0 Å². The number of carbonyl (C=O) groups is 1. The number of hydrogen-bond donors (Lipinski definition) is 2. The van der Waals surface area contributed by atoms with Gasteiger partial charge in [-0.05, 0) is 38.1 Å². The summed E-state index contributed by atoms with van der Waals surface area (Å²) in [5, 5.41) is 3.39. The van der Waals surface area contributed by atoms with Crippen LogP contribution in [0.25, 0.3) is 0 Å². The maximum absolute atomic E-state index is 12.2. The fourth-order valence-electron chi connectivity index (χ4n) is 3.07. The normalized spacial score (nSPS) is 23.4. The molecule has 0 aromatic carbocycles. The molecule has 0 saturated carbocycles. The third kappa shape index (κ3) is 4.31. The van der Waals surface area contributed by atoms with Crippen molar-refractivity contribution in [2.24, 2.45) is 5.41 Å². The SMILES string of the molecule is CC(NS(C)(=O)=O)C(=O)N1CCC2(CCNC2)CC1.Cl. The van der Waals surface area contributed by atoms with E-state index in [0.717, 1.165) is 45.3 Å². The number of piperidine rings is 1. The number of rotatable bonds is 3. The summed E-state index contributed by atoms with van der Waals surface area (Å²) >= 11 is 0. The lowest BCUT2D eigenvalue weighted by molar-refractivity contribution is -0.134. The van der Waals surface area contributed by atoms with Crippen LogP contribution in [0.2, 0.25) is 0 Å². The van der Waals surface area contributed by atoms with Crippen LogP contribution in [0, 0.1) is 5.41 Å². The van der Waals surface area contributed by atoms with Crippen LogP contribution in [0.3, 0.4) is 0 Å². The molecule has 2 N–H and O–H groups in total. The molecule has 1 atom stereocenters. The lowest BCUT2D eigenvalue weighted by Crippen LogP contribution is -2.51. The molecule has 118 valence electrons. The quantitative estimate of drug-likeness (QED) is 0.762. The van der Waals surface area contributed by atoms with Crippen molar-refractivity contribution in [2.45, 2.75) is 32.2 Å². The van der Waals surface area contributed by atoms with Gasteiger partial charge in [-0.2, -0.15) is 0 Å². The van der Waals surface area contributed by atoms with Crippen molar-refractivity contribution in [3.05, 3.63) is 0 Å². The third-order valence-corrected chi connectivity index (χ3v) is 5.01. The maximum Gasteiger partial charge on any atom is 0.240 e. The first-order valence-corrected chi connectivity index (χ1v) is 8.67. The third-order valence-electron chi connectivity index (χ3n) is 4.23. The minimum atomic E-state index is -3.34. The second-order valence-electron chi connectivity index (χ2n) is 5.86. The van der Waals surface area contributed by atoms with E-state index in [2.05, 4.69) is 10.0 Å². The first kappa shape index (κ1) is 17.7. The molecule has 0 aromatic rings. The van der Waals surface area contributed by atoms with Crippen LogP contribution in [0.4, 0.5) is 0 Å². The summed E-state index contributed by atoms with van der Waals surface area (Å²) < 4.78 is 24.6. The molecule has 1 unspecified atom stereocenters. The van der Waals surface area contributed by atoms with E-state index in [-0.39, 0.29) is 18.3 Å². The van der Waals surface area contributed by atoms with Crippen LogP contribution in [-0.4, -0.2) is 57.7 Å². The molecule has 2 rings (SSSR count). The molecule has 2 aliphatic heterocycles. The molecule has 1 amide bonds. The molecule has 20 heavy (non-hydrogen) atoms. The fourth-order valence-corrected chi connectivity index (χ4v) is 3.81. The monoisotopic (exact) mass is 325 g/mol. The van der Waals surface area contributed by atoms with Crippen molar-refractivity contribution in [1.29, 1.82) is 0 Å². The Hall–Kier alpha value is -0.370. The Morgan fingerprint density at radius 3 is 2.35 bits per heavy atom. The van der Waals surface area contributed by atoms with Gasteiger partial charge in [0, 0.05) is 19.6 Å². The van der Waals surface area contributed by atoms with Crippen LogP contribution in [0.15, 0.2) is 0 Å². The van der Waals surface area contributed by atoms with E-state index in [0.29, 0.717) is 5.41 Å². The Morgan fingerprint density at radius 1 is 1.30 bits per heavy atom. The van der Waals surface area contributed by atoms with E-state index in [9.17, 15) is 13.2 Å². The lowest BCUT2D eigenvalue weighted by atomic mass is 9.78. The van der Waals surface area contributed by atoms with Crippen molar-refractivity contribution in [1.82, 2.24) is 14.9 Å². The van der Waals surface area contributed by atoms with Gasteiger partial charge in [-0.1, -0.05) is 0 Å². The summed E-state index contributed by atoms with van der Waals surface area (Å²) in [6.07, 6.45) is 4.28. The minimum absolute atomic E-state index is 0. The molecule has 2 fully saturated rings. The Kier molecular flexibility index (Phi) is 5.83. The topological polar surface area (TPSA) is 78.5 Å². The Morgan fingerprint density at radius 2 is 1.90 bits per heavy atom. The molecule has 0 aliphatic carbocycles. The van der Waals surface area contributed by atoms with Gasteiger partial charge in [0.15, 0.2) is 0 Å². The molecular formula is C12H24ClN3O3S. The highest BCUT2D eigenvalue weighted by molar-refractivity contribution is 7.88. The number of amides is 1. The first-order chi connectivity index (χ1) is 8.81. The molecule has 1 spiro atoms. The van der Waals surface area contributed by atoms with E-state index < -0.39 is 16.1 Å². The van der Waals surface area contributed by atoms with Gasteiger partial charge in [0.25, 0.3) is 0 Å². The standard InChI is InChI=1S/C12H23N3O3S.ClH/c1-10(14-19(2,17)18)11(16)15-7-4-12(5-8-15)3-6-13-9-12;/h10,13-14H,3-9H2,1-2H3;1H. The summed E-state index contributed by atoms with van der Waals surface area (Å²) in [4.78, 5) is 13.9. The second-order valence-corrected chi connectivity index (χ2v) is 7.64. The maximum atomic E-state index is 12.2. The number of nitrogens with zero attached hydrogens (tertiary/aromatic N) is 1. The second kappa shape index (κ2) is 6.60. The summed E-state index contributed by atoms with van der Waals surface area (Å²) in [6.45, 7) is 5.18. The first-order valence-electron chi connectivity index (χ1n) is 6.78. The van der Waals surface area contributed by atoms with Crippen molar-refractivity contribution >= 4 is 28.3 Å². The summed E-state index contributed by atoms with van der Waals surface area (Å²) in [6, 6.07) is -0.675. The van der Waals surface area contributed by atoms with Crippen molar-refractivity contribution in [2.75, 3.05) is 32.4 Å². The Labute approximate surface area is 127 Å². The average molecular weight is 326 g/mol. The van der Waals surface area contributed by atoms with Crippen molar-refractivity contribution < 1.29 is 13.2 Å². The van der Waals surface area contributed by atoms with Crippen LogP contribution < -0.4 is 10.0 Å². The van der Waals surface area contributed by atoms with Gasteiger partial charge in [0.05, 0.1) is 12.3 Å². The summed E-state index contributed by atoms with van der Waals surface area (Å²) in [5.41, 5.74) is 0.365. The van der Waals surface area contributed by atoms with Crippen LogP contribution in [0.5, 0.6) is 0 Å². The molecule has 8 heteroatoms. The molecule has 0 aromatic heterocycles. The van der Waals surface area contributed by atoms with Crippen LogP contribution in [0.1, 0.15) is 26.2 Å². The van der Waals surface area contributed by atoms with E-state index >= 15 is 0 Å². The Balaban J connectivity index is 0.00000200. The summed E-state index contributed by atoms with van der Waals surface area (Å²) in [5.74, 6) is -0.119. The van der Waals surface area contributed by atoms with Crippen LogP contribution >= 0.6 is 12.4 Å². The molecule has 0 bridgehead atoms. The van der Waals surface area contributed by atoms with Gasteiger partial charge in [0.1, 0.15) is 0 Å². The molecule has 6 nitrogen and oxygen atoms in total. The predicted molar refractivity (Wildman–Crippen MR) is 80.4 cm³/mol. The van der Waals surface area contributed by atoms with E-state index in [4.69, 9.17) is 0 Å². The highest BCUT2D eigenvalue weighted by atomic mass is 35.5. The highest BCUT2D eigenvalue weighted by Crippen LogP contribution is 2.36. The fraction of sp³-hybridized carbons (Fsp3) is 0.917. The predicted octanol–water partition coefficient (Wildman–Crippen LogP) is -0.0520. The number of halogens is 1.